The van der Waals surface area contributed by atoms with Crippen LogP contribution in [0.15, 0.2) is 35.2 Å². The van der Waals surface area contributed by atoms with Crippen molar-refractivity contribution in [2.45, 2.75) is 38.1 Å². The summed E-state index contributed by atoms with van der Waals surface area (Å²) in [7, 11) is 0. The summed E-state index contributed by atoms with van der Waals surface area (Å²) >= 11 is 7.58. The first kappa shape index (κ1) is 16.1. The second-order valence-electron chi connectivity index (χ2n) is 4.73. The van der Waals surface area contributed by atoms with Gasteiger partial charge in [-0.3, -0.25) is 9.48 Å². The molecule has 2 rings (SSSR count). The lowest BCUT2D eigenvalue weighted by atomic mass is 10.2. The van der Waals surface area contributed by atoms with Crippen LogP contribution in [0.4, 0.5) is 0 Å². The molecular weight excluding hydrogens is 304 g/mol. The van der Waals surface area contributed by atoms with Gasteiger partial charge in [-0.2, -0.15) is 5.10 Å². The van der Waals surface area contributed by atoms with Crippen molar-refractivity contribution in [2.75, 3.05) is 5.75 Å². The van der Waals surface area contributed by atoms with Crippen molar-refractivity contribution in [2.24, 2.45) is 0 Å². The fourth-order valence-electron chi connectivity index (χ4n) is 2.08. The van der Waals surface area contributed by atoms with Crippen LogP contribution >= 0.6 is 23.4 Å². The van der Waals surface area contributed by atoms with E-state index in [1.165, 1.54) is 11.8 Å². The summed E-state index contributed by atoms with van der Waals surface area (Å²) in [4.78, 5) is 13.1. The molecule has 0 aliphatic carbocycles. The average Bonchev–Trinajstić information content (AvgIpc) is 2.88. The maximum Gasteiger partial charge on any atom is 0.149 e. The third kappa shape index (κ3) is 4.35. The summed E-state index contributed by atoms with van der Waals surface area (Å²) in [5, 5.41) is 5.17. The summed E-state index contributed by atoms with van der Waals surface area (Å²) in [6.45, 7) is 4.90. The van der Waals surface area contributed by atoms with Crippen LogP contribution in [-0.4, -0.2) is 21.3 Å². The van der Waals surface area contributed by atoms with Crippen molar-refractivity contribution in [1.82, 2.24) is 9.78 Å². The lowest BCUT2D eigenvalue weighted by Gasteiger charge is -2.05. The zero-order chi connectivity index (χ0) is 15.2. The molecule has 0 amide bonds. The second-order valence-corrected chi connectivity index (χ2v) is 6.16. The zero-order valence-corrected chi connectivity index (χ0v) is 13.9. The van der Waals surface area contributed by atoms with Gasteiger partial charge in [-0.05, 0) is 31.5 Å². The molecule has 0 radical (unpaired) electrons. The molecule has 1 aromatic carbocycles. The number of ketones is 1. The summed E-state index contributed by atoms with van der Waals surface area (Å²) in [6.07, 6.45) is 1.32. The van der Waals surface area contributed by atoms with Crippen molar-refractivity contribution >= 4 is 29.1 Å². The van der Waals surface area contributed by atoms with Crippen molar-refractivity contribution in [3.8, 4) is 0 Å². The molecule has 0 bridgehead atoms. The Hall–Kier alpha value is -1.26. The van der Waals surface area contributed by atoms with Crippen LogP contribution in [0.1, 0.15) is 25.2 Å². The molecule has 21 heavy (non-hydrogen) atoms. The molecule has 0 unspecified atom stereocenters. The molecule has 0 fully saturated rings. The fourth-order valence-corrected chi connectivity index (χ4v) is 3.18. The van der Waals surface area contributed by atoms with Crippen LogP contribution in [0, 0.1) is 0 Å². The molecule has 0 saturated carbocycles. The summed E-state index contributed by atoms with van der Waals surface area (Å²) < 4.78 is 1.91. The number of thioether (sulfide) groups is 1. The minimum atomic E-state index is 0.192. The third-order valence-electron chi connectivity index (χ3n) is 3.18. The number of aryl methyl sites for hydroxylation is 2. The zero-order valence-electron chi connectivity index (χ0n) is 12.3. The van der Waals surface area contributed by atoms with Crippen LogP contribution < -0.4 is 0 Å². The van der Waals surface area contributed by atoms with Gasteiger partial charge in [-0.1, -0.05) is 30.7 Å². The minimum absolute atomic E-state index is 0.192. The predicted molar refractivity (Wildman–Crippen MR) is 88.2 cm³/mol. The molecule has 112 valence electrons. The molecule has 1 aromatic heterocycles. The van der Waals surface area contributed by atoms with Gasteiger partial charge < -0.3 is 0 Å². The Kier molecular flexibility index (Phi) is 5.88. The number of hydrogen-bond donors (Lipinski definition) is 0. The molecule has 0 spiro atoms. The average molecular weight is 323 g/mol. The normalized spacial score (nSPS) is 10.8. The Morgan fingerprint density at radius 1 is 1.33 bits per heavy atom. The molecular formula is C16H19ClN2OS. The maximum absolute atomic E-state index is 12.2. The first-order chi connectivity index (χ1) is 10.1. The second kappa shape index (κ2) is 7.66. The Morgan fingerprint density at radius 2 is 2.10 bits per heavy atom. The number of hydrogen-bond acceptors (Lipinski definition) is 3. The number of carbonyl (C=O) groups is 1. The molecule has 5 heteroatoms. The molecule has 0 N–H and O–H groups in total. The van der Waals surface area contributed by atoms with Crippen molar-refractivity contribution in [1.29, 1.82) is 0 Å². The number of halogens is 1. The number of nitrogens with zero attached hydrogens (tertiary/aromatic N) is 2. The standard InChI is InChI=1S/C16H19ClN2OS/c1-3-12-9-13(19(4-2)18-12)10-14(20)11-21-16-8-6-5-7-15(16)17/h5-9H,3-4,10-11H2,1-2H3. The quantitative estimate of drug-likeness (QED) is 0.722. The first-order valence-electron chi connectivity index (χ1n) is 7.08. The number of benzene rings is 1. The van der Waals surface area contributed by atoms with Gasteiger partial charge in [0.1, 0.15) is 5.78 Å². The van der Waals surface area contributed by atoms with Crippen LogP contribution in [0.2, 0.25) is 5.02 Å². The van der Waals surface area contributed by atoms with Crippen molar-refractivity contribution in [3.63, 3.8) is 0 Å². The van der Waals surface area contributed by atoms with Gasteiger partial charge in [0.15, 0.2) is 0 Å². The van der Waals surface area contributed by atoms with E-state index in [-0.39, 0.29) is 5.78 Å². The largest absolute Gasteiger partial charge is 0.298 e. The number of carbonyl (C=O) groups excluding carboxylic acids is 1. The van der Waals surface area contributed by atoms with E-state index in [0.29, 0.717) is 17.2 Å². The number of rotatable bonds is 7. The lowest BCUT2D eigenvalue weighted by molar-refractivity contribution is -0.116. The van der Waals surface area contributed by atoms with E-state index in [1.54, 1.807) is 0 Å². The molecule has 3 nitrogen and oxygen atoms in total. The minimum Gasteiger partial charge on any atom is -0.298 e. The maximum atomic E-state index is 12.2. The van der Waals surface area contributed by atoms with Crippen LogP contribution in [0.3, 0.4) is 0 Å². The number of aromatic nitrogens is 2. The van der Waals surface area contributed by atoms with E-state index in [0.717, 1.165) is 29.2 Å². The SMILES string of the molecule is CCc1cc(CC(=O)CSc2ccccc2Cl)n(CC)n1. The Morgan fingerprint density at radius 3 is 2.76 bits per heavy atom. The topological polar surface area (TPSA) is 34.9 Å². The van der Waals surface area contributed by atoms with Crippen LogP contribution in [0.25, 0.3) is 0 Å². The Labute approximate surface area is 134 Å². The predicted octanol–water partition coefficient (Wildman–Crippen LogP) is 4.02. The van der Waals surface area contributed by atoms with Gasteiger partial charge in [0, 0.05) is 23.6 Å². The van der Waals surface area contributed by atoms with Crippen molar-refractivity contribution < 1.29 is 4.79 Å². The molecule has 0 aliphatic heterocycles. The van der Waals surface area contributed by atoms with Crippen molar-refractivity contribution in [3.05, 3.63) is 46.7 Å². The van der Waals surface area contributed by atoms with Gasteiger partial charge >= 0.3 is 0 Å². The van der Waals surface area contributed by atoms with E-state index in [9.17, 15) is 4.79 Å². The van der Waals surface area contributed by atoms with E-state index in [2.05, 4.69) is 12.0 Å². The first-order valence-corrected chi connectivity index (χ1v) is 8.45. The molecule has 0 aliphatic rings. The number of Topliss-reactive ketones (excluding diaryl/α,β-unsaturated/α-hetero) is 1. The highest BCUT2D eigenvalue weighted by Gasteiger charge is 2.11. The van der Waals surface area contributed by atoms with Crippen LogP contribution in [0.5, 0.6) is 0 Å². The molecule has 2 aromatic rings. The Balaban J connectivity index is 1.96. The summed E-state index contributed by atoms with van der Waals surface area (Å²) in [5.74, 6) is 0.622. The van der Waals surface area contributed by atoms with E-state index >= 15 is 0 Å². The highest BCUT2D eigenvalue weighted by atomic mass is 35.5. The van der Waals surface area contributed by atoms with E-state index < -0.39 is 0 Å². The summed E-state index contributed by atoms with van der Waals surface area (Å²) in [5.41, 5.74) is 2.04. The van der Waals surface area contributed by atoms with E-state index in [4.69, 9.17) is 11.6 Å². The molecule has 0 atom stereocenters. The van der Waals surface area contributed by atoms with Gasteiger partial charge in [0.2, 0.25) is 0 Å². The monoisotopic (exact) mass is 322 g/mol. The Bertz CT molecular complexity index is 624. The van der Waals surface area contributed by atoms with Gasteiger partial charge in [-0.25, -0.2) is 0 Å². The van der Waals surface area contributed by atoms with Gasteiger partial charge in [-0.15, -0.1) is 11.8 Å². The highest BCUT2D eigenvalue weighted by molar-refractivity contribution is 8.00. The van der Waals surface area contributed by atoms with Gasteiger partial charge in [0.05, 0.1) is 16.5 Å². The molecule has 1 heterocycles. The van der Waals surface area contributed by atoms with E-state index in [1.807, 2.05) is 41.9 Å². The van der Waals surface area contributed by atoms with Crippen LogP contribution in [-0.2, 0) is 24.2 Å². The fraction of sp³-hybridized carbons (Fsp3) is 0.375. The smallest absolute Gasteiger partial charge is 0.149 e. The lowest BCUT2D eigenvalue weighted by Crippen LogP contribution is -2.11. The third-order valence-corrected chi connectivity index (χ3v) is 4.75. The molecule has 0 saturated heterocycles. The summed E-state index contributed by atoms with van der Waals surface area (Å²) in [6, 6.07) is 9.63. The highest BCUT2D eigenvalue weighted by Crippen LogP contribution is 2.26. The van der Waals surface area contributed by atoms with Gasteiger partial charge in [0.25, 0.3) is 0 Å².